The Hall–Kier alpha value is -4.05. The quantitative estimate of drug-likeness (QED) is 0.389. The van der Waals surface area contributed by atoms with Gasteiger partial charge in [0.2, 0.25) is 11.2 Å². The lowest BCUT2D eigenvalue weighted by atomic mass is 9.83. The van der Waals surface area contributed by atoms with Crippen LogP contribution in [-0.2, 0) is 22.6 Å². The standard InChI is InChI=1S/C31H36N2O8/c1-18(2)40-26-9-8-20(11-27(26)38-3)23(13-29(36)39-4)31-30(37)25(34)12-22(41-31)17-32-14-19-10-21(16-32)24-6-5-7-28(35)33(24)15-19/h5-9,11-12,18-19,21,23,37H,10,13-17H2,1-4H3/t19-,21+,23-/m1/s1. The molecule has 3 aromatic rings. The van der Waals surface area contributed by atoms with E-state index in [0.717, 1.165) is 18.7 Å². The second kappa shape index (κ2) is 11.8. The van der Waals surface area contributed by atoms with Gasteiger partial charge in [-0.05, 0) is 49.9 Å². The highest BCUT2D eigenvalue weighted by Crippen LogP contribution is 2.39. The number of aromatic nitrogens is 1. The predicted molar refractivity (Wildman–Crippen MR) is 151 cm³/mol. The second-order valence-electron chi connectivity index (χ2n) is 11.1. The van der Waals surface area contributed by atoms with Gasteiger partial charge in [0.25, 0.3) is 5.56 Å². The minimum atomic E-state index is -0.809. The van der Waals surface area contributed by atoms with Crippen LogP contribution in [0.2, 0.25) is 0 Å². The van der Waals surface area contributed by atoms with Gasteiger partial charge in [-0.3, -0.25) is 19.3 Å². The van der Waals surface area contributed by atoms with E-state index in [9.17, 15) is 19.5 Å². The molecular formula is C31H36N2O8. The number of rotatable bonds is 9. The molecule has 1 N–H and O–H groups in total. The Kier molecular flexibility index (Phi) is 8.21. The zero-order valence-corrected chi connectivity index (χ0v) is 23.8. The van der Waals surface area contributed by atoms with Gasteiger partial charge in [-0.1, -0.05) is 12.1 Å². The first-order valence-corrected chi connectivity index (χ1v) is 13.9. The van der Waals surface area contributed by atoms with E-state index in [-0.39, 0.29) is 29.8 Å². The molecule has 4 heterocycles. The SMILES string of the molecule is COC(=O)C[C@H](c1ccc(OC(C)C)c(OC)c1)c1oc(CN2C[C@H]3C[C@@H](C2)c2cccc(=O)n2C3)cc(=O)c1O. The van der Waals surface area contributed by atoms with Crippen molar-refractivity contribution >= 4 is 5.97 Å². The van der Waals surface area contributed by atoms with E-state index in [4.69, 9.17) is 18.6 Å². The number of esters is 1. The van der Waals surface area contributed by atoms with Crippen molar-refractivity contribution in [2.75, 3.05) is 27.3 Å². The molecule has 1 aromatic carbocycles. The number of nitrogens with zero attached hydrogens (tertiary/aromatic N) is 2. The number of likely N-dealkylation sites (tertiary alicyclic amines) is 1. The van der Waals surface area contributed by atoms with E-state index >= 15 is 0 Å². The fourth-order valence-electron chi connectivity index (χ4n) is 6.08. The largest absolute Gasteiger partial charge is 0.502 e. The first-order chi connectivity index (χ1) is 19.7. The molecule has 3 atom stereocenters. The number of pyridine rings is 1. The molecule has 5 rings (SSSR count). The third-order valence-electron chi connectivity index (χ3n) is 7.80. The number of piperidine rings is 1. The van der Waals surface area contributed by atoms with Crippen LogP contribution < -0.4 is 20.5 Å². The third-order valence-corrected chi connectivity index (χ3v) is 7.80. The van der Waals surface area contributed by atoms with Gasteiger partial charge in [-0.2, -0.15) is 0 Å². The number of methoxy groups -OCH3 is 2. The Morgan fingerprint density at radius 2 is 1.88 bits per heavy atom. The molecule has 0 unspecified atom stereocenters. The van der Waals surface area contributed by atoms with Crippen molar-refractivity contribution < 1.29 is 28.5 Å². The number of fused-ring (bicyclic) bond motifs is 4. The van der Waals surface area contributed by atoms with Crippen LogP contribution in [0, 0.1) is 5.92 Å². The predicted octanol–water partition coefficient (Wildman–Crippen LogP) is 3.62. The first kappa shape index (κ1) is 28.5. The second-order valence-corrected chi connectivity index (χ2v) is 11.1. The van der Waals surface area contributed by atoms with Crippen LogP contribution in [0.3, 0.4) is 0 Å². The fraction of sp³-hybridized carbons (Fsp3) is 0.452. The van der Waals surface area contributed by atoms with E-state index in [0.29, 0.717) is 48.4 Å². The highest BCUT2D eigenvalue weighted by Gasteiger charge is 2.35. The molecule has 0 saturated carbocycles. The maximum Gasteiger partial charge on any atom is 0.306 e. The van der Waals surface area contributed by atoms with Gasteiger partial charge in [0, 0.05) is 43.4 Å². The molecule has 1 saturated heterocycles. The summed E-state index contributed by atoms with van der Waals surface area (Å²) in [5, 5.41) is 10.9. The molecule has 41 heavy (non-hydrogen) atoms. The van der Waals surface area contributed by atoms with Crippen molar-refractivity contribution in [3.63, 3.8) is 0 Å². The summed E-state index contributed by atoms with van der Waals surface area (Å²) >= 11 is 0. The molecule has 2 aliphatic heterocycles. The minimum Gasteiger partial charge on any atom is -0.502 e. The van der Waals surface area contributed by atoms with Gasteiger partial charge < -0.3 is 28.3 Å². The lowest BCUT2D eigenvalue weighted by molar-refractivity contribution is -0.140. The van der Waals surface area contributed by atoms with Crippen molar-refractivity contribution in [1.82, 2.24) is 9.47 Å². The molecule has 0 amide bonds. The molecular weight excluding hydrogens is 528 g/mol. The van der Waals surface area contributed by atoms with E-state index < -0.39 is 23.1 Å². The van der Waals surface area contributed by atoms with Crippen molar-refractivity contribution in [3.8, 4) is 17.2 Å². The average molecular weight is 565 g/mol. The zero-order valence-electron chi connectivity index (χ0n) is 23.8. The molecule has 2 aromatic heterocycles. The Bertz CT molecular complexity index is 1540. The van der Waals surface area contributed by atoms with Gasteiger partial charge in [0.1, 0.15) is 5.76 Å². The van der Waals surface area contributed by atoms with Gasteiger partial charge in [0.05, 0.1) is 39.2 Å². The van der Waals surface area contributed by atoms with Crippen molar-refractivity contribution in [2.24, 2.45) is 5.92 Å². The normalized spacial score (nSPS) is 19.0. The molecule has 0 radical (unpaired) electrons. The summed E-state index contributed by atoms with van der Waals surface area (Å²) in [4.78, 5) is 40.0. The molecule has 0 spiro atoms. The van der Waals surface area contributed by atoms with Crippen molar-refractivity contribution in [3.05, 3.63) is 85.8 Å². The Balaban J connectivity index is 1.47. The summed E-state index contributed by atoms with van der Waals surface area (Å²) in [5.41, 5.74) is 1.06. The number of carbonyl (C=O) groups excluding carboxylic acids is 1. The van der Waals surface area contributed by atoms with Crippen LogP contribution in [0.4, 0.5) is 0 Å². The van der Waals surface area contributed by atoms with E-state index in [1.165, 1.54) is 20.3 Å². The van der Waals surface area contributed by atoms with Crippen LogP contribution >= 0.6 is 0 Å². The monoisotopic (exact) mass is 564 g/mol. The summed E-state index contributed by atoms with van der Waals surface area (Å²) in [5.74, 6) is -0.0283. The van der Waals surface area contributed by atoms with Crippen LogP contribution in [0.15, 0.2) is 56.5 Å². The smallest absolute Gasteiger partial charge is 0.306 e. The van der Waals surface area contributed by atoms with Gasteiger partial charge in [-0.25, -0.2) is 0 Å². The lowest BCUT2D eigenvalue weighted by Gasteiger charge is -2.42. The molecule has 10 nitrogen and oxygen atoms in total. The van der Waals surface area contributed by atoms with Crippen LogP contribution in [-0.4, -0.2) is 54.0 Å². The molecule has 0 aliphatic carbocycles. The number of carbonyl (C=O) groups is 1. The number of ether oxygens (including phenoxy) is 3. The Labute approximate surface area is 238 Å². The molecule has 10 heteroatoms. The number of hydrogen-bond donors (Lipinski definition) is 1. The molecule has 2 bridgehead atoms. The third kappa shape index (κ3) is 6.02. The van der Waals surface area contributed by atoms with Crippen LogP contribution in [0.1, 0.15) is 61.3 Å². The Morgan fingerprint density at radius 3 is 2.61 bits per heavy atom. The summed E-state index contributed by atoms with van der Waals surface area (Å²) in [7, 11) is 2.80. The lowest BCUT2D eigenvalue weighted by Crippen LogP contribution is -2.46. The van der Waals surface area contributed by atoms with E-state index in [1.807, 2.05) is 24.5 Å². The number of hydrogen-bond acceptors (Lipinski definition) is 9. The van der Waals surface area contributed by atoms with Gasteiger partial charge >= 0.3 is 5.97 Å². The minimum absolute atomic E-state index is 0.00779. The van der Waals surface area contributed by atoms with E-state index in [2.05, 4.69) is 4.90 Å². The molecule has 218 valence electrons. The maximum absolute atomic E-state index is 13.0. The highest BCUT2D eigenvalue weighted by molar-refractivity contribution is 5.71. The maximum atomic E-state index is 13.0. The van der Waals surface area contributed by atoms with Gasteiger partial charge in [-0.15, -0.1) is 0 Å². The molecule has 2 aliphatic rings. The van der Waals surface area contributed by atoms with Crippen molar-refractivity contribution in [1.29, 1.82) is 0 Å². The fourth-order valence-corrected chi connectivity index (χ4v) is 6.08. The summed E-state index contributed by atoms with van der Waals surface area (Å²) in [6, 6.07) is 11.9. The van der Waals surface area contributed by atoms with Crippen LogP contribution in [0.25, 0.3) is 0 Å². The summed E-state index contributed by atoms with van der Waals surface area (Å²) in [6.45, 7) is 6.27. The zero-order chi connectivity index (χ0) is 29.3. The Morgan fingerprint density at radius 1 is 1.07 bits per heavy atom. The van der Waals surface area contributed by atoms with Crippen LogP contribution in [0.5, 0.6) is 17.2 Å². The molecule has 1 fully saturated rings. The average Bonchev–Trinajstić information content (AvgIpc) is 2.94. The highest BCUT2D eigenvalue weighted by atomic mass is 16.5. The topological polar surface area (TPSA) is 120 Å². The summed E-state index contributed by atoms with van der Waals surface area (Å²) < 4.78 is 24.4. The number of benzene rings is 1. The summed E-state index contributed by atoms with van der Waals surface area (Å²) in [6.07, 6.45) is 0.760. The van der Waals surface area contributed by atoms with Gasteiger partial charge in [0.15, 0.2) is 17.3 Å². The number of aromatic hydroxyl groups is 1. The van der Waals surface area contributed by atoms with Crippen molar-refractivity contribution in [2.45, 2.75) is 57.7 Å². The van der Waals surface area contributed by atoms with E-state index in [1.54, 1.807) is 30.3 Å². The first-order valence-electron chi connectivity index (χ1n) is 13.9.